The van der Waals surface area contributed by atoms with Gasteiger partial charge in [-0.15, -0.1) is 0 Å². The van der Waals surface area contributed by atoms with E-state index >= 15 is 0 Å². The minimum atomic E-state index is -0.901. The summed E-state index contributed by atoms with van der Waals surface area (Å²) in [5, 5.41) is 21.2. The second-order valence-corrected chi connectivity index (χ2v) is 12.0. The molecule has 3 N–H and O–H groups in total. The molecule has 9 nitrogen and oxygen atoms in total. The largest absolute Gasteiger partial charge is 0.481 e. The monoisotopic (exact) mass is 579 g/mol. The second-order valence-electron chi connectivity index (χ2n) is 12.0. The van der Waals surface area contributed by atoms with E-state index in [1.807, 2.05) is 48.5 Å². The predicted octanol–water partition coefficient (Wildman–Crippen LogP) is 4.72. The molecule has 0 spiro atoms. The quantitative estimate of drug-likeness (QED) is 0.331. The van der Waals surface area contributed by atoms with Gasteiger partial charge in [-0.05, 0) is 75.0 Å². The zero-order valence-corrected chi connectivity index (χ0v) is 24.6. The van der Waals surface area contributed by atoms with Crippen molar-refractivity contribution in [1.29, 1.82) is 0 Å². The highest BCUT2D eigenvalue weighted by molar-refractivity contribution is 5.90. The maximum Gasteiger partial charge on any atom is 0.303 e. The Morgan fingerprint density at radius 3 is 2.31 bits per heavy atom. The lowest BCUT2D eigenvalue weighted by Gasteiger charge is -2.43. The van der Waals surface area contributed by atoms with Crippen LogP contribution in [0.15, 0.2) is 48.5 Å². The maximum atomic E-state index is 12.2. The predicted molar refractivity (Wildman–Crippen MR) is 160 cm³/mol. The Bertz CT molecular complexity index is 1170. The van der Waals surface area contributed by atoms with E-state index in [1.54, 1.807) is 0 Å². The Labute approximate surface area is 248 Å². The summed E-state index contributed by atoms with van der Waals surface area (Å²) in [4.78, 5) is 28.2. The first kappa shape index (κ1) is 30.6. The van der Waals surface area contributed by atoms with Gasteiger partial charge in [-0.25, -0.2) is 0 Å². The van der Waals surface area contributed by atoms with E-state index in [4.69, 9.17) is 14.6 Å². The van der Waals surface area contributed by atoms with Crippen LogP contribution in [0.4, 0.5) is 5.69 Å². The lowest BCUT2D eigenvalue weighted by molar-refractivity contribution is -0.276. The third-order valence-corrected chi connectivity index (χ3v) is 8.97. The Morgan fingerprint density at radius 1 is 0.905 bits per heavy atom. The fraction of sp³-hybridized carbons (Fsp3) is 0.576. The topological polar surface area (TPSA) is 112 Å². The highest BCUT2D eigenvalue weighted by Gasteiger charge is 2.40. The Balaban J connectivity index is 1.29. The number of ether oxygens (including phenoxy) is 2. The van der Waals surface area contributed by atoms with Crippen LogP contribution in [0, 0.1) is 5.92 Å². The molecule has 3 aliphatic rings. The minimum absolute atomic E-state index is 0.00549. The number of rotatable bonds is 12. The number of nitrogens with one attached hydrogen (secondary N) is 1. The van der Waals surface area contributed by atoms with Crippen molar-refractivity contribution in [2.75, 3.05) is 38.0 Å². The summed E-state index contributed by atoms with van der Waals surface area (Å²) < 4.78 is 13.3. The average Bonchev–Trinajstić information content (AvgIpc) is 3.67. The van der Waals surface area contributed by atoms with E-state index in [0.717, 1.165) is 36.3 Å². The van der Waals surface area contributed by atoms with Gasteiger partial charge in [0.05, 0.1) is 18.8 Å². The molecule has 0 aliphatic carbocycles. The van der Waals surface area contributed by atoms with Crippen molar-refractivity contribution in [3.8, 4) is 0 Å². The molecule has 0 aromatic heterocycles. The number of hydrogen-bond donors (Lipinski definition) is 3. The summed E-state index contributed by atoms with van der Waals surface area (Å²) in [5.41, 5.74) is 3.47. The van der Waals surface area contributed by atoms with E-state index in [1.165, 1.54) is 38.8 Å². The first-order chi connectivity index (χ1) is 20.4. The molecule has 0 unspecified atom stereocenters. The number of carboxylic acid groups (broad SMARTS) is 1. The number of carbonyl (C=O) groups excluding carboxylic acids is 1. The number of amides is 1. The van der Waals surface area contributed by atoms with Crippen LogP contribution in [-0.2, 0) is 25.7 Å². The molecule has 42 heavy (non-hydrogen) atoms. The molecule has 3 heterocycles. The third kappa shape index (κ3) is 7.96. The SMILES string of the molecule is C[C@H]1[C@@H](CN2CCC[C@H]2CN2CCCC2)O[C@@H](c2ccc(NC(=O)CCCC(=O)O)cc2)O[C@H]1c1ccc(CO)cc1. The van der Waals surface area contributed by atoms with Gasteiger partial charge in [0, 0.05) is 49.1 Å². The first-order valence-corrected chi connectivity index (χ1v) is 15.5. The minimum Gasteiger partial charge on any atom is -0.481 e. The van der Waals surface area contributed by atoms with Crippen molar-refractivity contribution in [1.82, 2.24) is 9.80 Å². The molecule has 2 aromatic rings. The molecular weight excluding hydrogens is 534 g/mol. The van der Waals surface area contributed by atoms with Crippen molar-refractivity contribution in [3.05, 3.63) is 65.2 Å². The summed E-state index contributed by atoms with van der Waals surface area (Å²) in [6.07, 6.45) is 4.73. The van der Waals surface area contributed by atoms with E-state index < -0.39 is 12.3 Å². The second kappa shape index (κ2) is 14.6. The summed E-state index contributed by atoms with van der Waals surface area (Å²) in [7, 11) is 0. The van der Waals surface area contributed by atoms with Gasteiger partial charge in [0.15, 0.2) is 6.29 Å². The van der Waals surface area contributed by atoms with Gasteiger partial charge in [-0.2, -0.15) is 0 Å². The molecule has 9 heteroatoms. The van der Waals surface area contributed by atoms with Crippen molar-refractivity contribution in [2.24, 2.45) is 5.92 Å². The van der Waals surface area contributed by atoms with Crippen LogP contribution in [0.25, 0.3) is 0 Å². The van der Waals surface area contributed by atoms with Crippen molar-refractivity contribution < 1.29 is 29.3 Å². The van der Waals surface area contributed by atoms with Gasteiger partial charge >= 0.3 is 5.97 Å². The summed E-state index contributed by atoms with van der Waals surface area (Å²) in [6.45, 7) is 7.72. The number of likely N-dealkylation sites (tertiary alicyclic amines) is 2. The number of benzene rings is 2. The summed E-state index contributed by atoms with van der Waals surface area (Å²) >= 11 is 0. The number of aliphatic carboxylic acids is 1. The lowest BCUT2D eigenvalue weighted by atomic mass is 9.90. The van der Waals surface area contributed by atoms with Crippen LogP contribution < -0.4 is 5.32 Å². The fourth-order valence-corrected chi connectivity index (χ4v) is 6.51. The van der Waals surface area contributed by atoms with E-state index in [9.17, 15) is 14.7 Å². The zero-order chi connectivity index (χ0) is 29.5. The number of aliphatic hydroxyl groups is 1. The smallest absolute Gasteiger partial charge is 0.303 e. The molecule has 2 aromatic carbocycles. The molecular formula is C33H45N3O6. The Hall–Kier alpha value is -2.82. The van der Waals surface area contributed by atoms with Crippen molar-refractivity contribution >= 4 is 17.6 Å². The van der Waals surface area contributed by atoms with Gasteiger partial charge in [0.1, 0.15) is 0 Å². The van der Waals surface area contributed by atoms with Gasteiger partial charge in [0.25, 0.3) is 0 Å². The van der Waals surface area contributed by atoms with Gasteiger partial charge in [0.2, 0.25) is 5.91 Å². The number of hydrogen-bond acceptors (Lipinski definition) is 7. The molecule has 5 atom stereocenters. The van der Waals surface area contributed by atoms with Crippen molar-refractivity contribution in [2.45, 2.75) is 83.0 Å². The molecule has 3 aliphatic heterocycles. The standard InChI is InChI=1S/C33H45N3O6/c1-23-29(21-36-19-5-6-28(36)20-35-17-2-3-18-35)41-33(42-32(23)25-11-9-24(22-37)10-12-25)26-13-15-27(16-14-26)34-30(38)7-4-8-31(39)40/h9-16,23,28-29,32-33,37H,2-8,17-22H2,1H3,(H,34,38)(H,39,40)/t23-,28-,29+,32+,33+/m0/s1. The van der Waals surface area contributed by atoms with Crippen LogP contribution in [0.3, 0.4) is 0 Å². The van der Waals surface area contributed by atoms with Crippen LogP contribution in [0.1, 0.15) is 81.0 Å². The molecule has 3 fully saturated rings. The van der Waals surface area contributed by atoms with E-state index in [-0.39, 0.29) is 43.5 Å². The molecule has 1 amide bonds. The number of nitrogens with zero attached hydrogens (tertiary/aromatic N) is 2. The first-order valence-electron chi connectivity index (χ1n) is 15.5. The number of carboxylic acids is 1. The maximum absolute atomic E-state index is 12.2. The fourth-order valence-electron chi connectivity index (χ4n) is 6.51. The van der Waals surface area contributed by atoms with Gasteiger partial charge in [-0.1, -0.05) is 43.3 Å². The highest BCUT2D eigenvalue weighted by Crippen LogP contribution is 2.42. The number of carbonyl (C=O) groups is 2. The van der Waals surface area contributed by atoms with Crippen LogP contribution >= 0.6 is 0 Å². The molecule has 0 bridgehead atoms. The van der Waals surface area contributed by atoms with Crippen LogP contribution in [0.2, 0.25) is 0 Å². The Morgan fingerprint density at radius 2 is 1.62 bits per heavy atom. The van der Waals surface area contributed by atoms with Crippen molar-refractivity contribution in [3.63, 3.8) is 0 Å². The zero-order valence-electron chi connectivity index (χ0n) is 24.6. The summed E-state index contributed by atoms with van der Waals surface area (Å²) in [6, 6.07) is 16.1. The lowest BCUT2D eigenvalue weighted by Crippen LogP contribution is -2.48. The highest BCUT2D eigenvalue weighted by atomic mass is 16.7. The third-order valence-electron chi connectivity index (χ3n) is 8.97. The summed E-state index contributed by atoms with van der Waals surface area (Å²) in [5.74, 6) is -0.982. The normalized spacial score (nSPS) is 26.9. The molecule has 0 saturated carbocycles. The van der Waals surface area contributed by atoms with E-state index in [0.29, 0.717) is 18.2 Å². The number of anilines is 1. The molecule has 228 valence electrons. The number of aliphatic hydroxyl groups excluding tert-OH is 1. The van der Waals surface area contributed by atoms with Gasteiger partial charge in [-0.3, -0.25) is 14.5 Å². The Kier molecular flexibility index (Phi) is 10.6. The molecule has 0 radical (unpaired) electrons. The van der Waals surface area contributed by atoms with Gasteiger partial charge < -0.3 is 29.9 Å². The molecule has 3 saturated heterocycles. The van der Waals surface area contributed by atoms with E-state index in [2.05, 4.69) is 22.0 Å². The van der Waals surface area contributed by atoms with Crippen LogP contribution in [-0.4, -0.2) is 76.8 Å². The van der Waals surface area contributed by atoms with Crippen LogP contribution in [0.5, 0.6) is 0 Å². The average molecular weight is 580 g/mol. The molecule has 5 rings (SSSR count).